The second-order valence-electron chi connectivity index (χ2n) is 6.10. The van der Waals surface area contributed by atoms with Crippen molar-refractivity contribution < 1.29 is 41.4 Å². The molecule has 0 bridgehead atoms. The molecule has 0 radical (unpaired) electrons. The van der Waals surface area contributed by atoms with E-state index < -0.39 is 41.5 Å². The molecule has 0 aromatic heterocycles. The Morgan fingerprint density at radius 1 is 1.03 bits per heavy atom. The van der Waals surface area contributed by atoms with Gasteiger partial charge in [0.2, 0.25) is 0 Å². The van der Waals surface area contributed by atoms with Gasteiger partial charge in [-0.25, -0.2) is 4.39 Å². The van der Waals surface area contributed by atoms with Crippen molar-refractivity contribution >= 4 is 29.1 Å². The minimum Gasteiger partial charge on any atom is -0.469 e. The van der Waals surface area contributed by atoms with Crippen LogP contribution in [0.1, 0.15) is 35.2 Å². The van der Waals surface area contributed by atoms with Crippen molar-refractivity contribution in [2.45, 2.75) is 25.4 Å². The van der Waals surface area contributed by atoms with Crippen molar-refractivity contribution in [1.82, 2.24) is 0 Å². The molecule has 0 saturated heterocycles. The van der Waals surface area contributed by atoms with E-state index in [-0.39, 0.29) is 34.9 Å². The van der Waals surface area contributed by atoms with Crippen LogP contribution in [0.3, 0.4) is 0 Å². The van der Waals surface area contributed by atoms with E-state index in [0.29, 0.717) is 6.07 Å². The summed E-state index contributed by atoms with van der Waals surface area (Å²) in [6, 6.07) is 5.61. The van der Waals surface area contributed by atoms with Gasteiger partial charge in [-0.05, 0) is 36.4 Å². The van der Waals surface area contributed by atoms with Crippen LogP contribution in [0, 0.1) is 5.82 Å². The zero-order valence-corrected chi connectivity index (χ0v) is 16.3. The minimum absolute atomic E-state index is 0.0395. The zero-order chi connectivity index (χ0) is 22.5. The Bertz CT molecular complexity index is 972. The largest absolute Gasteiger partial charge is 0.469 e. The average molecular weight is 447 g/mol. The lowest BCUT2D eigenvalue weighted by molar-refractivity contribution is -0.143. The molecule has 0 amide bonds. The van der Waals surface area contributed by atoms with E-state index in [1.165, 1.54) is 6.07 Å². The lowest BCUT2D eigenvalue weighted by Gasteiger charge is -2.12. The number of hydrogen-bond donors (Lipinski definition) is 0. The van der Waals surface area contributed by atoms with Crippen LogP contribution in [0.4, 0.5) is 17.6 Å². The molecule has 2 aromatic rings. The quantitative estimate of drug-likeness (QED) is 0.235. The molecule has 0 aliphatic heterocycles. The monoisotopic (exact) mass is 446 g/mol. The lowest BCUT2D eigenvalue weighted by atomic mass is 10.0. The van der Waals surface area contributed by atoms with Crippen LogP contribution in [0.2, 0.25) is 5.02 Å². The summed E-state index contributed by atoms with van der Waals surface area (Å²) < 4.78 is 61.9. The van der Waals surface area contributed by atoms with E-state index in [9.17, 15) is 31.9 Å². The standard InChI is InChI=1S/C20H15ClF4O5/c1-29-19(28)9-12(26)3-6-17(27)14-10-13(4-5-16(14)22)30-18-7-2-11(8-15(18)21)20(23,24)25/h2,4-5,7-8,10H,3,6,9H2,1H3. The molecule has 160 valence electrons. The smallest absolute Gasteiger partial charge is 0.416 e. The molecular weight excluding hydrogens is 432 g/mol. The number of hydrogen-bond acceptors (Lipinski definition) is 5. The fourth-order valence-electron chi connectivity index (χ4n) is 2.38. The zero-order valence-electron chi connectivity index (χ0n) is 15.5. The molecule has 0 N–H and O–H groups in total. The van der Waals surface area contributed by atoms with Crippen LogP contribution < -0.4 is 4.74 Å². The van der Waals surface area contributed by atoms with E-state index in [4.69, 9.17) is 16.3 Å². The highest BCUT2D eigenvalue weighted by molar-refractivity contribution is 6.32. The first-order valence-corrected chi connectivity index (χ1v) is 8.85. The third kappa shape index (κ3) is 6.28. The highest BCUT2D eigenvalue weighted by atomic mass is 35.5. The average Bonchev–Trinajstić information content (AvgIpc) is 2.68. The number of methoxy groups -OCH3 is 1. The lowest BCUT2D eigenvalue weighted by Crippen LogP contribution is -2.11. The predicted molar refractivity (Wildman–Crippen MR) is 98.1 cm³/mol. The molecule has 2 rings (SSSR count). The van der Waals surface area contributed by atoms with Crippen LogP contribution in [0.15, 0.2) is 36.4 Å². The topological polar surface area (TPSA) is 69.7 Å². The predicted octanol–water partition coefficient (Wildman–Crippen LogP) is 5.39. The van der Waals surface area contributed by atoms with Gasteiger partial charge in [0, 0.05) is 12.8 Å². The number of rotatable bonds is 8. The summed E-state index contributed by atoms with van der Waals surface area (Å²) in [6.45, 7) is 0. The summed E-state index contributed by atoms with van der Waals surface area (Å²) in [5.74, 6) is -3.03. The van der Waals surface area contributed by atoms with E-state index in [2.05, 4.69) is 4.74 Å². The minimum atomic E-state index is -4.58. The molecule has 0 fully saturated rings. The fourth-order valence-corrected chi connectivity index (χ4v) is 2.60. The maximum atomic E-state index is 14.0. The van der Waals surface area contributed by atoms with Crippen LogP contribution >= 0.6 is 11.6 Å². The van der Waals surface area contributed by atoms with Crippen LogP contribution in [0.5, 0.6) is 11.5 Å². The number of benzene rings is 2. The van der Waals surface area contributed by atoms with E-state index in [1.54, 1.807) is 0 Å². The van der Waals surface area contributed by atoms with Crippen molar-refractivity contribution in [3.05, 3.63) is 58.4 Å². The summed E-state index contributed by atoms with van der Waals surface area (Å²) in [7, 11) is 1.12. The highest BCUT2D eigenvalue weighted by Gasteiger charge is 2.31. The molecule has 5 nitrogen and oxygen atoms in total. The number of ether oxygens (including phenoxy) is 2. The highest BCUT2D eigenvalue weighted by Crippen LogP contribution is 2.36. The molecule has 0 heterocycles. The Hall–Kier alpha value is -2.94. The molecule has 30 heavy (non-hydrogen) atoms. The number of ketones is 2. The Balaban J connectivity index is 2.12. The van der Waals surface area contributed by atoms with Crippen molar-refractivity contribution in [3.8, 4) is 11.5 Å². The first kappa shape index (κ1) is 23.3. The SMILES string of the molecule is COC(=O)CC(=O)CCC(=O)c1cc(Oc2ccc(C(F)(F)F)cc2Cl)ccc1F. The van der Waals surface area contributed by atoms with Gasteiger partial charge in [-0.1, -0.05) is 11.6 Å². The Labute approximate surface area is 173 Å². The van der Waals surface area contributed by atoms with Gasteiger partial charge in [0.1, 0.15) is 29.5 Å². The Morgan fingerprint density at radius 3 is 2.33 bits per heavy atom. The molecule has 0 saturated carbocycles. The van der Waals surface area contributed by atoms with Crippen molar-refractivity contribution in [3.63, 3.8) is 0 Å². The molecule has 0 aliphatic carbocycles. The van der Waals surface area contributed by atoms with Crippen molar-refractivity contribution in [2.24, 2.45) is 0 Å². The van der Waals surface area contributed by atoms with Crippen LogP contribution in [0.25, 0.3) is 0 Å². The molecule has 2 aromatic carbocycles. The molecule has 0 atom stereocenters. The third-order valence-electron chi connectivity index (χ3n) is 3.93. The number of esters is 1. The summed E-state index contributed by atoms with van der Waals surface area (Å²) in [5, 5.41) is -0.324. The van der Waals surface area contributed by atoms with Gasteiger partial charge >= 0.3 is 12.1 Å². The van der Waals surface area contributed by atoms with Gasteiger partial charge in [0.15, 0.2) is 5.78 Å². The van der Waals surface area contributed by atoms with Gasteiger partial charge in [0.05, 0.1) is 23.3 Å². The number of alkyl halides is 3. The maximum Gasteiger partial charge on any atom is 0.416 e. The van der Waals surface area contributed by atoms with E-state index in [1.807, 2.05) is 0 Å². The van der Waals surface area contributed by atoms with Crippen molar-refractivity contribution in [1.29, 1.82) is 0 Å². The first-order valence-electron chi connectivity index (χ1n) is 8.47. The maximum absolute atomic E-state index is 14.0. The third-order valence-corrected chi connectivity index (χ3v) is 4.22. The van der Waals surface area contributed by atoms with Crippen LogP contribution in [-0.4, -0.2) is 24.6 Å². The Morgan fingerprint density at radius 2 is 1.73 bits per heavy atom. The van der Waals surface area contributed by atoms with Gasteiger partial charge in [0.25, 0.3) is 0 Å². The molecule has 0 aliphatic rings. The van der Waals surface area contributed by atoms with Crippen LogP contribution in [-0.2, 0) is 20.5 Å². The van der Waals surface area contributed by atoms with Gasteiger partial charge in [-0.2, -0.15) is 13.2 Å². The van der Waals surface area contributed by atoms with Gasteiger partial charge in [-0.3, -0.25) is 14.4 Å². The molecule has 0 spiro atoms. The molecule has 0 unspecified atom stereocenters. The van der Waals surface area contributed by atoms with Gasteiger partial charge < -0.3 is 9.47 Å². The fraction of sp³-hybridized carbons (Fsp3) is 0.250. The first-order chi connectivity index (χ1) is 14.0. The van der Waals surface area contributed by atoms with E-state index in [0.717, 1.165) is 31.4 Å². The molecule has 10 heteroatoms. The van der Waals surface area contributed by atoms with Gasteiger partial charge in [-0.15, -0.1) is 0 Å². The normalized spacial score (nSPS) is 11.1. The number of halogens is 5. The summed E-state index contributed by atoms with van der Waals surface area (Å²) >= 11 is 5.82. The second kappa shape index (κ2) is 9.71. The van der Waals surface area contributed by atoms with E-state index >= 15 is 0 Å². The summed E-state index contributed by atoms with van der Waals surface area (Å²) in [6.07, 6.45) is -5.72. The Kier molecular flexibility index (Phi) is 7.55. The summed E-state index contributed by atoms with van der Waals surface area (Å²) in [5.41, 5.74) is -1.34. The summed E-state index contributed by atoms with van der Waals surface area (Å²) in [4.78, 5) is 34.9. The second-order valence-corrected chi connectivity index (χ2v) is 6.51. The number of carbonyl (C=O) groups excluding carboxylic acids is 3. The molecular formula is C20H15ClF4O5. The number of carbonyl (C=O) groups is 3. The van der Waals surface area contributed by atoms with Crippen molar-refractivity contribution in [2.75, 3.05) is 7.11 Å². The number of Topliss-reactive ketones (excluding diaryl/α,β-unsaturated/α-hetero) is 2.